The molecule has 3 atom stereocenters. The number of carboxylic acids is 1. The van der Waals surface area contributed by atoms with E-state index < -0.39 is 23.7 Å². The number of unbranched alkanes of at least 4 members (excludes halogenated alkanes) is 1. The van der Waals surface area contributed by atoms with E-state index >= 15 is 0 Å². The highest BCUT2D eigenvalue weighted by Crippen LogP contribution is 2.41. The maximum absolute atomic E-state index is 12.3. The van der Waals surface area contributed by atoms with E-state index in [0.717, 1.165) is 64.2 Å². The van der Waals surface area contributed by atoms with Crippen LogP contribution in [0.15, 0.2) is 12.7 Å². The summed E-state index contributed by atoms with van der Waals surface area (Å²) >= 11 is 0. The second-order valence-electron chi connectivity index (χ2n) is 7.52. The number of allylic oxidation sites excluding steroid dienone is 1. The van der Waals surface area contributed by atoms with Crippen molar-refractivity contribution in [1.29, 1.82) is 0 Å². The van der Waals surface area contributed by atoms with Gasteiger partial charge in [0.15, 0.2) is 0 Å². The van der Waals surface area contributed by atoms with Crippen LogP contribution in [0.1, 0.15) is 71.1 Å². The third-order valence-corrected chi connectivity index (χ3v) is 5.79. The standard InChI is InChI=1S/C19H31NO4/c1-3-4-5-11-15-12-8-13-19(15,2)24-18(23)20-16(17(21)22)14-9-6-7-10-14/h3,14-16H,1,4-13H2,2H3,(H,20,23)(H,21,22)/t15-,16?,19-/m1/s1. The largest absolute Gasteiger partial charge is 0.480 e. The van der Waals surface area contributed by atoms with Crippen molar-refractivity contribution in [2.45, 2.75) is 82.8 Å². The average molecular weight is 337 g/mol. The lowest BCUT2D eigenvalue weighted by molar-refractivity contribution is -0.141. The molecular formula is C19H31NO4. The number of carbonyl (C=O) groups excluding carboxylic acids is 1. The Hall–Kier alpha value is -1.52. The van der Waals surface area contributed by atoms with Gasteiger partial charge in [0.1, 0.15) is 11.6 Å². The average Bonchev–Trinajstić information content (AvgIpc) is 3.15. The Balaban J connectivity index is 1.91. The number of hydrogen-bond acceptors (Lipinski definition) is 3. The van der Waals surface area contributed by atoms with E-state index in [0.29, 0.717) is 5.92 Å². The summed E-state index contributed by atoms with van der Waals surface area (Å²) in [4.78, 5) is 23.8. The number of ether oxygens (including phenoxy) is 1. The highest BCUT2D eigenvalue weighted by Gasteiger charge is 2.42. The van der Waals surface area contributed by atoms with Gasteiger partial charge in [-0.2, -0.15) is 0 Å². The molecule has 2 aliphatic rings. The lowest BCUT2D eigenvalue weighted by atomic mass is 9.88. The van der Waals surface area contributed by atoms with E-state index in [-0.39, 0.29) is 5.92 Å². The topological polar surface area (TPSA) is 75.6 Å². The van der Waals surface area contributed by atoms with Crippen LogP contribution in [0.4, 0.5) is 4.79 Å². The molecule has 0 spiro atoms. The Kier molecular flexibility index (Phi) is 6.69. The van der Waals surface area contributed by atoms with Gasteiger partial charge in [0, 0.05) is 0 Å². The van der Waals surface area contributed by atoms with E-state index in [1.54, 1.807) is 0 Å². The first-order valence-corrected chi connectivity index (χ1v) is 9.29. The molecule has 5 nitrogen and oxygen atoms in total. The Morgan fingerprint density at radius 2 is 2.04 bits per heavy atom. The van der Waals surface area contributed by atoms with E-state index in [2.05, 4.69) is 11.9 Å². The SMILES string of the molecule is C=CCCC[C@@H]1CCC[C@@]1(C)OC(=O)NC(C(=O)O)C1CCCC1. The third-order valence-electron chi connectivity index (χ3n) is 5.79. The Bertz CT molecular complexity index is 458. The summed E-state index contributed by atoms with van der Waals surface area (Å²) < 4.78 is 5.74. The van der Waals surface area contributed by atoms with Crippen LogP contribution in [0.25, 0.3) is 0 Å². The fourth-order valence-electron chi connectivity index (χ4n) is 4.34. The molecule has 0 saturated heterocycles. The van der Waals surface area contributed by atoms with Crippen LogP contribution in [0, 0.1) is 11.8 Å². The van der Waals surface area contributed by atoms with Crippen LogP contribution in [-0.2, 0) is 9.53 Å². The van der Waals surface area contributed by atoms with Gasteiger partial charge >= 0.3 is 12.1 Å². The Morgan fingerprint density at radius 1 is 1.33 bits per heavy atom. The van der Waals surface area contributed by atoms with Gasteiger partial charge in [-0.15, -0.1) is 6.58 Å². The molecule has 5 heteroatoms. The molecule has 2 fully saturated rings. The summed E-state index contributed by atoms with van der Waals surface area (Å²) in [7, 11) is 0. The van der Waals surface area contributed by atoms with Crippen LogP contribution >= 0.6 is 0 Å². The summed E-state index contributed by atoms with van der Waals surface area (Å²) in [5.41, 5.74) is -0.482. The van der Waals surface area contributed by atoms with E-state index in [1.807, 2.05) is 13.0 Å². The molecule has 0 heterocycles. The van der Waals surface area contributed by atoms with Crippen molar-refractivity contribution in [2.24, 2.45) is 11.8 Å². The van der Waals surface area contributed by atoms with Gasteiger partial charge in [0.25, 0.3) is 0 Å². The lowest BCUT2D eigenvalue weighted by Crippen LogP contribution is -2.48. The fourth-order valence-corrected chi connectivity index (χ4v) is 4.34. The zero-order chi connectivity index (χ0) is 17.6. The molecule has 1 unspecified atom stereocenters. The highest BCUT2D eigenvalue weighted by atomic mass is 16.6. The Labute approximate surface area is 144 Å². The molecule has 0 aromatic carbocycles. The molecule has 2 N–H and O–H groups in total. The second-order valence-corrected chi connectivity index (χ2v) is 7.52. The summed E-state index contributed by atoms with van der Waals surface area (Å²) in [5, 5.41) is 12.0. The molecule has 0 aromatic rings. The molecule has 2 saturated carbocycles. The maximum Gasteiger partial charge on any atom is 0.408 e. The van der Waals surface area contributed by atoms with E-state index in [9.17, 15) is 14.7 Å². The first kappa shape index (κ1) is 18.8. The minimum Gasteiger partial charge on any atom is -0.480 e. The maximum atomic E-state index is 12.3. The molecule has 24 heavy (non-hydrogen) atoms. The number of carbonyl (C=O) groups is 2. The summed E-state index contributed by atoms with van der Waals surface area (Å²) in [5.74, 6) is -0.592. The molecule has 1 amide bonds. The molecule has 0 aliphatic heterocycles. The molecule has 2 aliphatic carbocycles. The lowest BCUT2D eigenvalue weighted by Gasteiger charge is -2.32. The van der Waals surface area contributed by atoms with Crippen LogP contribution in [0.5, 0.6) is 0 Å². The highest BCUT2D eigenvalue weighted by molar-refractivity contribution is 5.80. The number of amides is 1. The van der Waals surface area contributed by atoms with E-state index in [4.69, 9.17) is 4.74 Å². The minimum absolute atomic E-state index is 0.0230. The van der Waals surface area contributed by atoms with Gasteiger partial charge in [0.2, 0.25) is 0 Å². The first-order valence-electron chi connectivity index (χ1n) is 9.29. The van der Waals surface area contributed by atoms with Crippen molar-refractivity contribution >= 4 is 12.1 Å². The third kappa shape index (κ3) is 4.74. The Morgan fingerprint density at radius 3 is 2.67 bits per heavy atom. The molecule has 2 rings (SSSR count). The van der Waals surface area contributed by atoms with Gasteiger partial charge in [0.05, 0.1) is 0 Å². The number of hydrogen-bond donors (Lipinski definition) is 2. The molecule has 0 radical (unpaired) electrons. The molecule has 136 valence electrons. The number of aliphatic carboxylic acids is 1. The fraction of sp³-hybridized carbons (Fsp3) is 0.789. The first-order chi connectivity index (χ1) is 11.5. The summed E-state index contributed by atoms with van der Waals surface area (Å²) in [6, 6.07) is -0.829. The van der Waals surface area contributed by atoms with Gasteiger partial charge in [-0.05, 0) is 70.1 Å². The van der Waals surface area contributed by atoms with Gasteiger partial charge in [-0.25, -0.2) is 9.59 Å². The van der Waals surface area contributed by atoms with Crippen LogP contribution in [0.2, 0.25) is 0 Å². The predicted octanol–water partition coefficient (Wildman–Crippen LogP) is 4.27. The minimum atomic E-state index is -0.960. The van der Waals surface area contributed by atoms with Crippen LogP contribution in [0.3, 0.4) is 0 Å². The van der Waals surface area contributed by atoms with Crippen molar-refractivity contribution in [1.82, 2.24) is 5.32 Å². The smallest absolute Gasteiger partial charge is 0.408 e. The van der Waals surface area contributed by atoms with Crippen LogP contribution < -0.4 is 5.32 Å². The normalized spacial score (nSPS) is 28.5. The summed E-state index contributed by atoms with van der Waals surface area (Å²) in [6.07, 6.45) is 11.1. The van der Waals surface area contributed by atoms with Gasteiger partial charge < -0.3 is 15.2 Å². The number of nitrogens with one attached hydrogen (secondary N) is 1. The quantitative estimate of drug-likeness (QED) is 0.512. The van der Waals surface area contributed by atoms with Gasteiger partial charge in [-0.1, -0.05) is 18.9 Å². The predicted molar refractivity (Wildman–Crippen MR) is 92.8 cm³/mol. The molecule has 0 aromatic heterocycles. The molecular weight excluding hydrogens is 306 g/mol. The number of rotatable bonds is 8. The van der Waals surface area contributed by atoms with Crippen molar-refractivity contribution in [3.8, 4) is 0 Å². The van der Waals surface area contributed by atoms with Crippen LogP contribution in [-0.4, -0.2) is 28.8 Å². The number of carboxylic acid groups (broad SMARTS) is 1. The molecule has 0 bridgehead atoms. The van der Waals surface area contributed by atoms with E-state index in [1.165, 1.54) is 0 Å². The summed E-state index contributed by atoms with van der Waals surface area (Å²) in [6.45, 7) is 5.74. The monoisotopic (exact) mass is 337 g/mol. The number of alkyl carbamates (subject to hydrolysis) is 1. The second kappa shape index (κ2) is 8.54. The van der Waals surface area contributed by atoms with Crippen molar-refractivity contribution in [3.63, 3.8) is 0 Å². The van der Waals surface area contributed by atoms with Crippen molar-refractivity contribution < 1.29 is 19.4 Å². The van der Waals surface area contributed by atoms with Crippen molar-refractivity contribution in [3.05, 3.63) is 12.7 Å². The zero-order valence-corrected chi connectivity index (χ0v) is 14.8. The van der Waals surface area contributed by atoms with Gasteiger partial charge in [-0.3, -0.25) is 0 Å². The zero-order valence-electron chi connectivity index (χ0n) is 14.8. The van der Waals surface area contributed by atoms with Crippen molar-refractivity contribution in [2.75, 3.05) is 0 Å².